The fraction of sp³-hybridized carbons (Fsp3) is 0.380. The minimum atomic E-state index is -0.894. The Balaban J connectivity index is 0.00000462. The van der Waals surface area contributed by atoms with Gasteiger partial charge >= 0.3 is 23.0 Å². The Bertz CT molecular complexity index is 2580. The Morgan fingerprint density at radius 1 is 0.723 bits per heavy atom. The zero-order chi connectivity index (χ0) is 45.2. The molecular formula is C50H56Fe2N5O8-. The number of unbranched alkanes of at least 4 members (excludes halogenated alkanes) is 1. The number of fused-ring (bicyclic) bond motifs is 8. The Hall–Kier alpha value is -5.11. The first-order valence-electron chi connectivity index (χ1n) is 21.5. The summed E-state index contributed by atoms with van der Waals surface area (Å²) in [6, 6.07) is 7.81. The number of hydrogen-bond acceptors (Lipinski definition) is 9. The number of nitrogens with zero attached hydrogens (tertiary/aromatic N) is 5. The maximum Gasteiger partial charge on any atom is 2.00 e. The quantitative estimate of drug-likeness (QED) is 0.0421. The number of hydrogen-bond donors (Lipinski definition) is 1. The topological polar surface area (TPSA) is 173 Å². The molecule has 0 radical (unpaired) electrons. The Labute approximate surface area is 401 Å². The second-order valence-corrected chi connectivity index (χ2v) is 15.8. The molecule has 0 fully saturated rings. The third kappa shape index (κ3) is 12.8. The number of carbonyl (C=O) groups excluding carboxylic acids is 3. The summed E-state index contributed by atoms with van der Waals surface area (Å²) in [5, 5.41) is 9.64. The van der Waals surface area contributed by atoms with Gasteiger partial charge in [-0.25, -0.2) is 9.97 Å². The van der Waals surface area contributed by atoms with Crippen LogP contribution >= 0.6 is 0 Å². The van der Waals surface area contributed by atoms with Gasteiger partial charge in [0.25, 0.3) is 0 Å². The van der Waals surface area contributed by atoms with Gasteiger partial charge in [0.05, 0.1) is 49.2 Å². The molecule has 6 rings (SSSR count). The Morgan fingerprint density at radius 3 is 1.95 bits per heavy atom. The van der Waals surface area contributed by atoms with Crippen LogP contribution in [-0.2, 0) is 73.9 Å². The SMILES string of the molecule is C=CC1=C(C)c2cc3[n-]c(cc4nc(cc5[n-]c(cc1n2)c(C)c5C=C)C(C)=C4CCC(=O)O)c(CCC(=O)CCCCOCCOCCOCCCN1C(=O)C=C([CH2-])C1=O)c3C.[Fe+2].[Fe]. The van der Waals surface area contributed by atoms with Crippen LogP contribution in [0.15, 0.2) is 55.1 Å². The molecule has 0 saturated heterocycles. The van der Waals surface area contributed by atoms with Gasteiger partial charge in [-0.2, -0.15) is 6.92 Å². The smallest absolute Gasteiger partial charge is 0.657 e. The first kappa shape index (κ1) is 52.5. The van der Waals surface area contributed by atoms with Crippen molar-refractivity contribution in [1.29, 1.82) is 0 Å². The first-order valence-corrected chi connectivity index (χ1v) is 21.5. The van der Waals surface area contributed by atoms with Gasteiger partial charge in [0.1, 0.15) is 11.7 Å². The molecule has 346 valence electrons. The summed E-state index contributed by atoms with van der Waals surface area (Å²) in [5.74, 6) is -1.43. The maximum atomic E-state index is 13.3. The van der Waals surface area contributed by atoms with Gasteiger partial charge in [0, 0.05) is 61.7 Å². The predicted molar refractivity (Wildman–Crippen MR) is 245 cm³/mol. The molecule has 3 aliphatic heterocycles. The van der Waals surface area contributed by atoms with E-state index in [9.17, 15) is 24.3 Å². The van der Waals surface area contributed by atoms with Crippen molar-refractivity contribution in [3.05, 3.63) is 107 Å². The van der Waals surface area contributed by atoms with E-state index in [1.54, 1.807) is 6.08 Å². The van der Waals surface area contributed by atoms with Crippen molar-refractivity contribution in [2.45, 2.75) is 79.1 Å². The molecule has 2 amide bonds. The molecule has 0 aliphatic carbocycles. The second-order valence-electron chi connectivity index (χ2n) is 15.8. The van der Waals surface area contributed by atoms with Crippen molar-refractivity contribution in [2.24, 2.45) is 0 Å². The van der Waals surface area contributed by atoms with E-state index in [2.05, 4.69) is 20.1 Å². The molecule has 0 atom stereocenters. The average molecular weight is 967 g/mol. The van der Waals surface area contributed by atoms with Crippen molar-refractivity contribution in [3.8, 4) is 0 Å². The molecule has 0 aromatic carbocycles. The van der Waals surface area contributed by atoms with Crippen LogP contribution in [0.25, 0.3) is 50.4 Å². The van der Waals surface area contributed by atoms with Crippen LogP contribution < -0.4 is 9.97 Å². The van der Waals surface area contributed by atoms with Crippen LogP contribution in [0, 0.1) is 20.8 Å². The van der Waals surface area contributed by atoms with Crippen LogP contribution in [0.5, 0.6) is 0 Å². The van der Waals surface area contributed by atoms with E-state index in [0.717, 1.165) is 73.4 Å². The monoisotopic (exact) mass is 966 g/mol. The third-order valence-corrected chi connectivity index (χ3v) is 11.6. The fourth-order valence-corrected chi connectivity index (χ4v) is 7.94. The molecule has 0 spiro atoms. The number of ether oxygens (including phenoxy) is 3. The van der Waals surface area contributed by atoms with Gasteiger partial charge in [0.2, 0.25) is 0 Å². The van der Waals surface area contributed by atoms with E-state index >= 15 is 0 Å². The molecule has 3 aliphatic rings. The number of rotatable bonds is 23. The standard InChI is InChI=1S/C50H58N5O8.2Fe/c1-8-36-31(4)40-26-41-33(6)38(15-14-35(56)13-10-11-19-61-21-23-63-24-22-62-20-12-18-55-48(57)25-30(3)50(55)60)46(53-41)29-47-39(16-17-49(58)59)34(7)43(54-47)28-45-37(9-2)32(5)42(52-45)27-44(36)51-40;;/h8-9,25-29H,1-3,10-24H2,4-7H3,(H3,51,52,53,54,57,58,59,60);;/q-1;;+2/p-2. The average Bonchev–Trinajstić information content (AvgIpc) is 3.97. The Kier molecular flexibility index (Phi) is 19.7. The number of carboxylic acids is 1. The van der Waals surface area contributed by atoms with Crippen molar-refractivity contribution in [2.75, 3.05) is 46.2 Å². The van der Waals surface area contributed by atoms with Gasteiger partial charge in [-0.3, -0.25) is 14.4 Å². The number of carbonyl (C=O) groups is 4. The number of imide groups is 1. The Morgan fingerprint density at radius 2 is 1.31 bits per heavy atom. The van der Waals surface area contributed by atoms with Gasteiger partial charge in [-0.15, -0.1) is 27.6 Å². The summed E-state index contributed by atoms with van der Waals surface area (Å²) in [7, 11) is 0. The van der Waals surface area contributed by atoms with E-state index in [-0.39, 0.29) is 63.7 Å². The van der Waals surface area contributed by atoms with E-state index in [4.69, 9.17) is 34.1 Å². The number of aromatic nitrogens is 4. The largest absolute Gasteiger partial charge is 2.00 e. The first-order chi connectivity index (χ1) is 30.3. The molecular weight excluding hydrogens is 910 g/mol. The number of ketones is 1. The predicted octanol–water partition coefficient (Wildman–Crippen LogP) is 7.98. The van der Waals surface area contributed by atoms with Crippen molar-refractivity contribution in [3.63, 3.8) is 0 Å². The van der Waals surface area contributed by atoms with Crippen molar-refractivity contribution >= 4 is 74.0 Å². The minimum Gasteiger partial charge on any atom is -0.657 e. The number of carboxylic acid groups (broad SMARTS) is 1. The van der Waals surface area contributed by atoms with E-state index in [0.29, 0.717) is 107 Å². The van der Waals surface area contributed by atoms with Gasteiger partial charge in [-0.05, 0) is 82.1 Å². The third-order valence-electron chi connectivity index (χ3n) is 11.6. The molecule has 0 saturated carbocycles. The summed E-state index contributed by atoms with van der Waals surface area (Å²) in [6.07, 6.45) is 8.33. The van der Waals surface area contributed by atoms with E-state index < -0.39 is 5.97 Å². The summed E-state index contributed by atoms with van der Waals surface area (Å²) < 4.78 is 16.8. The summed E-state index contributed by atoms with van der Waals surface area (Å²) >= 11 is 0. The van der Waals surface area contributed by atoms with Crippen LogP contribution in [0.1, 0.15) is 104 Å². The molecule has 13 nitrogen and oxygen atoms in total. The van der Waals surface area contributed by atoms with E-state index in [1.807, 2.05) is 58.0 Å². The maximum absolute atomic E-state index is 13.3. The molecule has 3 aromatic rings. The zero-order valence-electron chi connectivity index (χ0n) is 37.5. The van der Waals surface area contributed by atoms with Crippen molar-refractivity contribution < 1.29 is 72.6 Å². The van der Waals surface area contributed by atoms with Crippen LogP contribution in [0.4, 0.5) is 0 Å². The number of Topliss-reactive ketones (excluding diaryl/α,β-unsaturated/α-hetero) is 1. The normalized spacial score (nSPS) is 13.5. The molecule has 6 heterocycles. The zero-order valence-corrected chi connectivity index (χ0v) is 39.7. The molecule has 15 heteroatoms. The van der Waals surface area contributed by atoms with Crippen molar-refractivity contribution in [1.82, 2.24) is 24.8 Å². The van der Waals surface area contributed by atoms with Gasteiger partial charge in [-0.1, -0.05) is 72.3 Å². The molecule has 8 bridgehead atoms. The number of aliphatic carboxylic acids is 1. The number of amides is 2. The number of aryl methyl sites for hydroxylation is 3. The van der Waals surface area contributed by atoms with E-state index in [1.165, 1.54) is 11.0 Å². The summed E-state index contributed by atoms with van der Waals surface area (Å²) in [4.78, 5) is 70.0. The molecule has 3 aromatic heterocycles. The number of allylic oxidation sites excluding steroid dienone is 5. The van der Waals surface area contributed by atoms with Crippen LogP contribution in [-0.4, -0.2) is 89.7 Å². The van der Waals surface area contributed by atoms with Gasteiger partial charge < -0.3 is 39.0 Å². The van der Waals surface area contributed by atoms with Crippen LogP contribution in [0.3, 0.4) is 0 Å². The summed E-state index contributed by atoms with van der Waals surface area (Å²) in [6.45, 7) is 22.6. The second kappa shape index (κ2) is 24.4. The summed E-state index contributed by atoms with van der Waals surface area (Å²) in [5.41, 5.74) is 13.3. The fourth-order valence-electron chi connectivity index (χ4n) is 7.94. The minimum absolute atomic E-state index is 0. The van der Waals surface area contributed by atoms with Gasteiger partial charge in [0.15, 0.2) is 5.91 Å². The van der Waals surface area contributed by atoms with Crippen LogP contribution in [0.2, 0.25) is 0 Å². The molecule has 0 unspecified atom stereocenters. The molecule has 1 N–H and O–H groups in total. The molecule has 65 heavy (non-hydrogen) atoms.